The SMILES string of the molecule is CCOC(=O)c1ccc(NS(=O)(=O)c2ccc(-c3ccno3)cc2OC)cc1. The minimum Gasteiger partial charge on any atom is -0.495 e. The standard InChI is InChI=1S/C19H18N2O6S/c1-3-26-19(22)13-4-7-15(8-5-13)21-28(23,24)18-9-6-14(12-17(18)25-2)16-10-11-20-27-16/h4-12,21H,3H2,1-2H3. The van der Waals surface area contributed by atoms with Crippen LogP contribution < -0.4 is 9.46 Å². The summed E-state index contributed by atoms with van der Waals surface area (Å²) in [5.41, 5.74) is 1.26. The van der Waals surface area contributed by atoms with Crippen molar-refractivity contribution in [1.29, 1.82) is 0 Å². The van der Waals surface area contributed by atoms with Gasteiger partial charge in [-0.25, -0.2) is 13.2 Å². The molecule has 2 aromatic carbocycles. The van der Waals surface area contributed by atoms with Gasteiger partial charge in [-0.3, -0.25) is 4.72 Å². The average molecular weight is 402 g/mol. The lowest BCUT2D eigenvalue weighted by Crippen LogP contribution is -2.14. The molecule has 146 valence electrons. The van der Waals surface area contributed by atoms with Crippen molar-refractivity contribution >= 4 is 21.7 Å². The van der Waals surface area contributed by atoms with Crippen LogP contribution in [0, 0.1) is 0 Å². The summed E-state index contributed by atoms with van der Waals surface area (Å²) in [6.07, 6.45) is 1.49. The first kappa shape index (κ1) is 19.4. The Morgan fingerprint density at radius 2 is 1.89 bits per heavy atom. The molecule has 1 aromatic heterocycles. The second-order valence-electron chi connectivity index (χ2n) is 5.65. The Bertz CT molecular complexity index is 1060. The maximum atomic E-state index is 12.8. The lowest BCUT2D eigenvalue weighted by atomic mass is 10.1. The van der Waals surface area contributed by atoms with Crippen LogP contribution >= 0.6 is 0 Å². The van der Waals surface area contributed by atoms with E-state index in [2.05, 4.69) is 9.88 Å². The van der Waals surface area contributed by atoms with E-state index < -0.39 is 16.0 Å². The first-order chi connectivity index (χ1) is 13.4. The summed E-state index contributed by atoms with van der Waals surface area (Å²) >= 11 is 0. The van der Waals surface area contributed by atoms with Crippen LogP contribution in [-0.2, 0) is 14.8 Å². The van der Waals surface area contributed by atoms with Gasteiger partial charge in [0, 0.05) is 17.3 Å². The molecule has 1 heterocycles. The average Bonchev–Trinajstić information content (AvgIpc) is 3.23. The number of sulfonamides is 1. The van der Waals surface area contributed by atoms with E-state index in [0.29, 0.717) is 22.6 Å². The zero-order valence-corrected chi connectivity index (χ0v) is 16.0. The van der Waals surface area contributed by atoms with E-state index in [1.54, 1.807) is 25.1 Å². The Hall–Kier alpha value is -3.33. The van der Waals surface area contributed by atoms with Gasteiger partial charge in [0.25, 0.3) is 10.0 Å². The summed E-state index contributed by atoms with van der Waals surface area (Å²) in [6.45, 7) is 1.97. The summed E-state index contributed by atoms with van der Waals surface area (Å²) in [7, 11) is -2.54. The Morgan fingerprint density at radius 1 is 1.14 bits per heavy atom. The number of nitrogens with zero attached hydrogens (tertiary/aromatic N) is 1. The molecular weight excluding hydrogens is 384 g/mol. The molecule has 0 radical (unpaired) electrons. The zero-order chi connectivity index (χ0) is 20.1. The van der Waals surface area contributed by atoms with Crippen molar-refractivity contribution in [2.45, 2.75) is 11.8 Å². The van der Waals surface area contributed by atoms with Crippen LogP contribution in [0.3, 0.4) is 0 Å². The van der Waals surface area contributed by atoms with Gasteiger partial charge in [-0.2, -0.15) is 0 Å². The second kappa shape index (κ2) is 8.13. The third kappa shape index (κ3) is 4.15. The lowest BCUT2D eigenvalue weighted by molar-refractivity contribution is 0.0526. The molecule has 0 atom stereocenters. The zero-order valence-electron chi connectivity index (χ0n) is 15.2. The summed E-state index contributed by atoms with van der Waals surface area (Å²) in [4.78, 5) is 11.7. The van der Waals surface area contributed by atoms with Gasteiger partial charge in [-0.15, -0.1) is 0 Å². The fourth-order valence-corrected chi connectivity index (χ4v) is 3.72. The van der Waals surface area contributed by atoms with Gasteiger partial charge in [0.05, 0.1) is 25.5 Å². The number of ether oxygens (including phenoxy) is 2. The van der Waals surface area contributed by atoms with Crippen LogP contribution in [0.25, 0.3) is 11.3 Å². The minimum atomic E-state index is -3.92. The molecule has 0 fully saturated rings. The first-order valence-corrected chi connectivity index (χ1v) is 9.82. The molecule has 0 amide bonds. The van der Waals surface area contributed by atoms with Crippen LogP contribution in [0.15, 0.2) is 64.1 Å². The third-order valence-electron chi connectivity index (χ3n) is 3.82. The quantitative estimate of drug-likeness (QED) is 0.604. The van der Waals surface area contributed by atoms with E-state index in [9.17, 15) is 13.2 Å². The van der Waals surface area contributed by atoms with Crippen molar-refractivity contribution in [2.24, 2.45) is 0 Å². The van der Waals surface area contributed by atoms with E-state index in [0.717, 1.165) is 0 Å². The summed E-state index contributed by atoms with van der Waals surface area (Å²) < 4.78 is 43.3. The van der Waals surface area contributed by atoms with Crippen molar-refractivity contribution in [3.63, 3.8) is 0 Å². The van der Waals surface area contributed by atoms with Crippen LogP contribution in [-0.4, -0.2) is 33.3 Å². The monoisotopic (exact) mass is 402 g/mol. The molecule has 1 N–H and O–H groups in total. The molecular formula is C19H18N2O6S. The molecule has 0 saturated carbocycles. The van der Waals surface area contributed by atoms with Crippen LogP contribution in [0.1, 0.15) is 17.3 Å². The van der Waals surface area contributed by atoms with E-state index in [4.69, 9.17) is 14.0 Å². The molecule has 0 aliphatic rings. The van der Waals surface area contributed by atoms with Gasteiger partial charge < -0.3 is 14.0 Å². The number of hydrogen-bond acceptors (Lipinski definition) is 7. The topological polar surface area (TPSA) is 108 Å². The highest BCUT2D eigenvalue weighted by Crippen LogP contribution is 2.31. The van der Waals surface area contributed by atoms with E-state index in [1.165, 1.54) is 43.6 Å². The third-order valence-corrected chi connectivity index (χ3v) is 5.24. The maximum Gasteiger partial charge on any atom is 0.338 e. The predicted molar refractivity (Wildman–Crippen MR) is 102 cm³/mol. The van der Waals surface area contributed by atoms with Crippen molar-refractivity contribution in [2.75, 3.05) is 18.4 Å². The largest absolute Gasteiger partial charge is 0.495 e. The normalized spacial score (nSPS) is 11.1. The van der Waals surface area contributed by atoms with Gasteiger partial charge >= 0.3 is 5.97 Å². The molecule has 0 aliphatic carbocycles. The van der Waals surface area contributed by atoms with Gasteiger partial charge in [-0.1, -0.05) is 5.16 Å². The summed E-state index contributed by atoms with van der Waals surface area (Å²) in [5.74, 6) is 0.177. The van der Waals surface area contributed by atoms with Crippen molar-refractivity contribution in [3.05, 3.63) is 60.3 Å². The Kier molecular flexibility index (Phi) is 5.65. The molecule has 8 nitrogen and oxygen atoms in total. The van der Waals surface area contributed by atoms with Crippen LogP contribution in [0.2, 0.25) is 0 Å². The highest BCUT2D eigenvalue weighted by Gasteiger charge is 2.21. The van der Waals surface area contributed by atoms with Crippen molar-refractivity contribution < 1.29 is 27.2 Å². The van der Waals surface area contributed by atoms with Crippen LogP contribution in [0.5, 0.6) is 5.75 Å². The Labute approximate surface area is 162 Å². The lowest BCUT2D eigenvalue weighted by Gasteiger charge is -2.12. The fourth-order valence-electron chi connectivity index (χ4n) is 2.51. The van der Waals surface area contributed by atoms with E-state index in [1.807, 2.05) is 0 Å². The van der Waals surface area contributed by atoms with Gasteiger partial charge in [0.1, 0.15) is 10.6 Å². The minimum absolute atomic E-state index is 0.0345. The molecule has 3 rings (SSSR count). The molecule has 0 unspecified atom stereocenters. The maximum absolute atomic E-state index is 12.8. The first-order valence-electron chi connectivity index (χ1n) is 8.33. The van der Waals surface area contributed by atoms with Crippen molar-refractivity contribution in [3.8, 4) is 17.1 Å². The summed E-state index contributed by atoms with van der Waals surface area (Å²) in [5, 5.41) is 3.63. The van der Waals surface area contributed by atoms with Gasteiger partial charge in [0.2, 0.25) is 0 Å². The number of benzene rings is 2. The number of nitrogens with one attached hydrogen (secondary N) is 1. The van der Waals surface area contributed by atoms with Crippen LogP contribution in [0.4, 0.5) is 5.69 Å². The van der Waals surface area contributed by atoms with Gasteiger partial charge in [0.15, 0.2) is 5.76 Å². The number of aromatic nitrogens is 1. The molecule has 28 heavy (non-hydrogen) atoms. The number of carbonyl (C=O) groups is 1. The highest BCUT2D eigenvalue weighted by molar-refractivity contribution is 7.92. The smallest absolute Gasteiger partial charge is 0.338 e. The molecule has 0 saturated heterocycles. The number of methoxy groups -OCH3 is 1. The molecule has 9 heteroatoms. The number of anilines is 1. The number of carbonyl (C=O) groups excluding carboxylic acids is 1. The fraction of sp³-hybridized carbons (Fsp3) is 0.158. The number of rotatable bonds is 7. The second-order valence-corrected chi connectivity index (χ2v) is 7.30. The highest BCUT2D eigenvalue weighted by atomic mass is 32.2. The van der Waals surface area contributed by atoms with Gasteiger partial charge in [-0.05, 0) is 49.4 Å². The van der Waals surface area contributed by atoms with E-state index >= 15 is 0 Å². The molecule has 0 aliphatic heterocycles. The molecule has 3 aromatic rings. The van der Waals surface area contributed by atoms with Crippen molar-refractivity contribution in [1.82, 2.24) is 5.16 Å². The Morgan fingerprint density at radius 3 is 2.50 bits per heavy atom. The summed E-state index contributed by atoms with van der Waals surface area (Å²) in [6, 6.07) is 12.2. The Balaban J connectivity index is 1.85. The predicted octanol–water partition coefficient (Wildman–Crippen LogP) is 3.33. The number of hydrogen-bond donors (Lipinski definition) is 1. The number of esters is 1. The van der Waals surface area contributed by atoms with E-state index in [-0.39, 0.29) is 17.3 Å². The molecule has 0 bridgehead atoms. The molecule has 0 spiro atoms.